The van der Waals surface area contributed by atoms with Crippen molar-refractivity contribution in [1.82, 2.24) is 24.3 Å². The maximum atomic E-state index is 12.8. The van der Waals surface area contributed by atoms with E-state index in [0.29, 0.717) is 75.9 Å². The van der Waals surface area contributed by atoms with Gasteiger partial charge in [-0.1, -0.05) is 58.6 Å². The van der Waals surface area contributed by atoms with Crippen LogP contribution in [-0.2, 0) is 36.9 Å². The lowest BCUT2D eigenvalue weighted by atomic mass is 9.85. The summed E-state index contributed by atoms with van der Waals surface area (Å²) in [5, 5.41) is 35.2. The topological polar surface area (TPSA) is 299 Å². The molecule has 0 atom stereocenters. The van der Waals surface area contributed by atoms with Gasteiger partial charge in [0.1, 0.15) is 26.9 Å². The summed E-state index contributed by atoms with van der Waals surface area (Å²) >= 11 is -0.761. The molecule has 20 nitrogen and oxygen atoms in total. The van der Waals surface area contributed by atoms with Crippen LogP contribution in [0, 0.1) is 0 Å². The van der Waals surface area contributed by atoms with E-state index in [1.807, 2.05) is 20.8 Å². The predicted octanol–water partition coefficient (Wildman–Crippen LogP) is 4.39. The molecule has 3 aromatic rings. The highest BCUT2D eigenvalue weighted by Crippen LogP contribution is 2.22. The number of carbonyl (C=O) groups is 3. The molecule has 384 valence electrons. The van der Waals surface area contributed by atoms with Gasteiger partial charge < -0.3 is 65.3 Å². The number of hydrogen-bond donors (Lipinski definition) is 7. The number of halogens is 1. The highest BCUT2D eigenvalue weighted by Gasteiger charge is 2.25. The normalized spacial score (nSPS) is 9.96. The van der Waals surface area contributed by atoms with Crippen LogP contribution in [0.15, 0.2) is 89.1 Å². The molecule has 0 aliphatic rings. The summed E-state index contributed by atoms with van der Waals surface area (Å²) < 4.78 is 29.6. The van der Waals surface area contributed by atoms with E-state index in [9.17, 15) is 47.2 Å². The van der Waals surface area contributed by atoms with Crippen molar-refractivity contribution in [3.8, 4) is 17.2 Å². The summed E-state index contributed by atoms with van der Waals surface area (Å²) in [5.41, 5.74) is 8.57. The van der Waals surface area contributed by atoms with Crippen molar-refractivity contribution in [2.75, 3.05) is 65.7 Å². The third kappa shape index (κ3) is 26.1. The van der Waals surface area contributed by atoms with Gasteiger partial charge in [0.15, 0.2) is 34.9 Å². The monoisotopic (exact) mass is 1070 g/mol. The van der Waals surface area contributed by atoms with E-state index in [-0.39, 0.29) is 30.2 Å². The lowest BCUT2D eigenvalue weighted by Gasteiger charge is -2.29. The molecule has 3 rings (SSSR count). The molecule has 0 aromatic carbocycles. The Morgan fingerprint density at radius 3 is 1.38 bits per heavy atom. The Morgan fingerprint density at radius 2 is 1.07 bits per heavy atom. The maximum absolute atomic E-state index is 12.8. The highest BCUT2D eigenvalue weighted by molar-refractivity contribution is 14.1. The van der Waals surface area contributed by atoms with Gasteiger partial charge in [-0.25, -0.2) is 0 Å². The number of nitrogens with two attached hydrogens (primary N) is 2. The third-order valence-corrected chi connectivity index (χ3v) is 9.99. The second-order valence-corrected chi connectivity index (χ2v) is 15.2. The van der Waals surface area contributed by atoms with Gasteiger partial charge in [-0.05, 0) is 39.2 Å². The quantitative estimate of drug-likeness (QED) is 0.0155. The van der Waals surface area contributed by atoms with Crippen molar-refractivity contribution < 1.29 is 47.0 Å². The number of nitrogens with zero attached hydrogens (tertiary/aromatic N) is 3. The molecule has 0 saturated heterocycles. The van der Waals surface area contributed by atoms with Crippen LogP contribution in [0.4, 0.5) is 0 Å². The molecule has 0 unspecified atom stereocenters. The van der Waals surface area contributed by atoms with Crippen molar-refractivity contribution in [3.63, 3.8) is 0 Å². The lowest BCUT2D eigenvalue weighted by molar-refractivity contribution is 0.0928. The second-order valence-electron chi connectivity index (χ2n) is 13.7. The molecule has 3 aromatic heterocycles. The molecule has 21 heteroatoms. The van der Waals surface area contributed by atoms with E-state index >= 15 is 0 Å². The van der Waals surface area contributed by atoms with E-state index in [1.54, 1.807) is 18.2 Å². The molecular weight excluding hydrogens is 997 g/mol. The zero-order chi connectivity index (χ0) is 52.5. The zero-order valence-electron chi connectivity index (χ0n) is 40.8. The van der Waals surface area contributed by atoms with E-state index in [0.717, 1.165) is 12.8 Å². The Bertz CT molecular complexity index is 2020. The summed E-state index contributed by atoms with van der Waals surface area (Å²) in [6.45, 7) is 18.7. The molecule has 0 bridgehead atoms. The van der Waals surface area contributed by atoms with Gasteiger partial charge in [-0.3, -0.25) is 31.8 Å². The van der Waals surface area contributed by atoms with E-state index in [2.05, 4.69) is 36.1 Å². The molecule has 0 saturated carbocycles. The molecule has 0 radical (unpaired) electrons. The predicted molar refractivity (Wildman–Crippen MR) is 275 cm³/mol. The molecule has 3 heterocycles. The first-order chi connectivity index (χ1) is 32.6. The van der Waals surface area contributed by atoms with Crippen LogP contribution in [0.3, 0.4) is 0 Å². The number of methoxy groups -OCH3 is 3. The van der Waals surface area contributed by atoms with E-state index in [1.165, 1.54) is 78.9 Å². The van der Waals surface area contributed by atoms with Crippen LogP contribution in [0.2, 0.25) is 0 Å². The molecule has 0 aliphatic carbocycles. The van der Waals surface area contributed by atoms with Crippen molar-refractivity contribution in [3.05, 3.63) is 123 Å². The SMILES string of the molecule is C=CC=C.C=CCI=O.CC.CCCC(N)(CCCNC(=O)c1c(O)c(=O)ccn1CCOC)CCCNC(=O)c1c(O)c(=O)ccn1CCOC.CN.COCCn1ccc(=O)c(O)c1C=O. The molecule has 0 spiro atoms. The largest absolute Gasteiger partial charge is 0.503 e. The summed E-state index contributed by atoms with van der Waals surface area (Å²) in [4.78, 5) is 70.9. The number of pyridine rings is 3. The number of aromatic nitrogens is 3. The van der Waals surface area contributed by atoms with Gasteiger partial charge in [0.2, 0.25) is 16.3 Å². The number of nitrogens with one attached hydrogen (secondary N) is 2. The molecule has 0 aliphatic heterocycles. The number of hydrogen-bond acceptors (Lipinski definition) is 15. The Balaban J connectivity index is -0.00000127. The van der Waals surface area contributed by atoms with Gasteiger partial charge >= 0.3 is 0 Å². The van der Waals surface area contributed by atoms with Gasteiger partial charge in [0.05, 0.1) is 19.8 Å². The molecule has 68 heavy (non-hydrogen) atoms. The number of rotatable bonds is 25. The first kappa shape index (κ1) is 66.7. The number of carbonyl (C=O) groups excluding carboxylic acids is 3. The van der Waals surface area contributed by atoms with Crippen LogP contribution >= 0.6 is 21.2 Å². The highest BCUT2D eigenvalue weighted by atomic mass is 127. The van der Waals surface area contributed by atoms with Crippen LogP contribution < -0.4 is 38.4 Å². The van der Waals surface area contributed by atoms with E-state index < -0.39 is 72.1 Å². The van der Waals surface area contributed by atoms with Gasteiger partial charge in [0.25, 0.3) is 11.8 Å². The average Bonchev–Trinajstić information content (AvgIpc) is 3.34. The van der Waals surface area contributed by atoms with Crippen molar-refractivity contribution in [2.24, 2.45) is 11.5 Å². The molecule has 0 fully saturated rings. The molecule has 9 N–H and O–H groups in total. The van der Waals surface area contributed by atoms with E-state index in [4.69, 9.17) is 19.9 Å². The summed E-state index contributed by atoms with van der Waals surface area (Å²) in [6, 6.07) is 3.60. The standard InChI is InChI=1S/C28H43N5O8.C9H11NO4.C4H6.C3H5IO.C2H6.CH5N/c1-4-9-28(29,10-5-12-30-26(38)22-24(36)20(34)7-14-32(22)16-18-40-2)11-6-13-31-27(39)23-25(37)21(35)8-15-33(23)17-19-41-3;1-14-5-4-10-3-2-8(12)9(13)7(10)6-11;1-3-4-2;1-2-3-4-5;2*1-2/h7-8,14-15,36-37H,4-6,9-13,16-19,29H2,1-3H3,(H,30,38)(H,31,39);2-3,6,13H,4-5H2,1H3;3-4H,1-2H2;2H,1,3H2;1-2H3;2H2,1H3. The van der Waals surface area contributed by atoms with Crippen molar-refractivity contribution in [2.45, 2.75) is 84.5 Å². The average molecular weight is 1070 g/mol. The third-order valence-electron chi connectivity index (χ3n) is 9.00. The first-order valence-electron chi connectivity index (χ1n) is 21.8. The maximum Gasteiger partial charge on any atom is 0.271 e. The molecule has 2 amide bonds. The van der Waals surface area contributed by atoms with Crippen LogP contribution in [0.1, 0.15) is 90.8 Å². The minimum atomic E-state index is -0.761. The second kappa shape index (κ2) is 41.6. The fourth-order valence-electron chi connectivity index (χ4n) is 5.81. The van der Waals surface area contributed by atoms with Crippen LogP contribution in [0.25, 0.3) is 0 Å². The van der Waals surface area contributed by atoms with Crippen LogP contribution in [-0.4, -0.2) is 118 Å². The number of alkyl halides is 1. The van der Waals surface area contributed by atoms with Crippen LogP contribution in [0.5, 0.6) is 17.2 Å². The Kier molecular flexibility index (Phi) is 40.8. The van der Waals surface area contributed by atoms with Crippen molar-refractivity contribution >= 4 is 39.3 Å². The number of allylic oxidation sites excluding steroid dienone is 3. The van der Waals surface area contributed by atoms with Gasteiger partial charge in [0, 0.05) is 101 Å². The number of ether oxygens (including phenoxy) is 3. The number of amides is 2. The summed E-state index contributed by atoms with van der Waals surface area (Å²) in [5.74, 6) is -2.86. The fraction of sp³-hybridized carbons (Fsp3) is 0.489. The number of aldehydes is 1. The fourth-order valence-corrected chi connectivity index (χ4v) is 6.07. The van der Waals surface area contributed by atoms with Gasteiger partial charge in [-0.2, -0.15) is 0 Å². The Hall–Kier alpha value is -5.59. The Labute approximate surface area is 410 Å². The van der Waals surface area contributed by atoms with Gasteiger partial charge in [-0.15, -0.1) is 6.58 Å². The first-order valence-corrected chi connectivity index (χ1v) is 24.2. The Morgan fingerprint density at radius 1 is 0.706 bits per heavy atom. The minimum absolute atomic E-state index is 0.0189. The summed E-state index contributed by atoms with van der Waals surface area (Å²) in [6.07, 6.45) is 13.6. The van der Waals surface area contributed by atoms with Crippen molar-refractivity contribution in [1.29, 1.82) is 0 Å². The number of aromatic hydroxyl groups is 3. The lowest BCUT2D eigenvalue weighted by Crippen LogP contribution is -2.41. The molecular formula is C47H76IN7O13. The zero-order valence-corrected chi connectivity index (χ0v) is 43.0. The summed E-state index contributed by atoms with van der Waals surface area (Å²) in [7, 11) is 6.06. The minimum Gasteiger partial charge on any atom is -0.503 e. The smallest absolute Gasteiger partial charge is 0.271 e.